The van der Waals surface area contributed by atoms with Crippen molar-refractivity contribution in [1.82, 2.24) is 4.90 Å². The summed E-state index contributed by atoms with van der Waals surface area (Å²) in [6, 6.07) is 7.14. The summed E-state index contributed by atoms with van der Waals surface area (Å²) in [6.45, 7) is 1.85. The number of hydrogen-bond donors (Lipinski definition) is 0. The summed E-state index contributed by atoms with van der Waals surface area (Å²) in [5.41, 5.74) is 0.718. The number of halogens is 1. The molecule has 0 aromatic heterocycles. The molecule has 1 heterocycles. The zero-order chi connectivity index (χ0) is 15.1. The lowest BCUT2D eigenvalue weighted by Gasteiger charge is -2.26. The Hall–Kier alpha value is -1.85. The molecule has 0 bridgehead atoms. The van der Waals surface area contributed by atoms with Crippen LogP contribution in [0.15, 0.2) is 30.3 Å². The van der Waals surface area contributed by atoms with Crippen LogP contribution in [0.2, 0.25) is 5.02 Å². The second-order valence-electron chi connectivity index (χ2n) is 4.46. The van der Waals surface area contributed by atoms with Gasteiger partial charge in [-0.25, -0.2) is 4.79 Å². The number of carbonyl (C=O) groups is 2. The summed E-state index contributed by atoms with van der Waals surface area (Å²) in [6.07, 6.45) is 2.82. The average molecular weight is 310 g/mol. The molecule has 0 radical (unpaired) electrons. The van der Waals surface area contributed by atoms with Crippen LogP contribution in [0.1, 0.15) is 5.56 Å². The van der Waals surface area contributed by atoms with Gasteiger partial charge >= 0.3 is 5.97 Å². The summed E-state index contributed by atoms with van der Waals surface area (Å²) >= 11 is 5.96. The Morgan fingerprint density at radius 2 is 2.00 bits per heavy atom. The molecule has 1 aromatic carbocycles. The van der Waals surface area contributed by atoms with E-state index in [1.165, 1.54) is 6.08 Å². The highest BCUT2D eigenvalue weighted by atomic mass is 35.5. The first-order chi connectivity index (χ1) is 10.2. The van der Waals surface area contributed by atoms with Crippen molar-refractivity contribution in [1.29, 1.82) is 0 Å². The second-order valence-corrected chi connectivity index (χ2v) is 4.86. The summed E-state index contributed by atoms with van der Waals surface area (Å²) in [4.78, 5) is 25.0. The molecule has 1 aromatic rings. The second kappa shape index (κ2) is 7.81. The van der Waals surface area contributed by atoms with Crippen LogP contribution in [0.5, 0.6) is 0 Å². The van der Waals surface area contributed by atoms with Crippen molar-refractivity contribution in [3.63, 3.8) is 0 Å². The van der Waals surface area contributed by atoms with E-state index in [2.05, 4.69) is 0 Å². The summed E-state index contributed by atoms with van der Waals surface area (Å²) in [7, 11) is 0. The molecule has 21 heavy (non-hydrogen) atoms. The zero-order valence-corrected chi connectivity index (χ0v) is 12.2. The van der Waals surface area contributed by atoms with Gasteiger partial charge in [-0.1, -0.05) is 29.8 Å². The summed E-state index contributed by atoms with van der Waals surface area (Å²) in [5, 5.41) is 0.547. The molecule has 1 saturated heterocycles. The van der Waals surface area contributed by atoms with Crippen LogP contribution < -0.4 is 0 Å². The van der Waals surface area contributed by atoms with Crippen LogP contribution in [0.4, 0.5) is 0 Å². The van der Waals surface area contributed by atoms with E-state index in [-0.39, 0.29) is 12.5 Å². The molecule has 0 spiro atoms. The predicted octanol–water partition coefficient (Wildman–Crippen LogP) is 1.76. The van der Waals surface area contributed by atoms with Crippen LogP contribution in [0.3, 0.4) is 0 Å². The molecular weight excluding hydrogens is 294 g/mol. The van der Waals surface area contributed by atoms with E-state index < -0.39 is 5.97 Å². The van der Waals surface area contributed by atoms with Crippen molar-refractivity contribution in [3.8, 4) is 0 Å². The topological polar surface area (TPSA) is 55.8 Å². The van der Waals surface area contributed by atoms with E-state index in [9.17, 15) is 9.59 Å². The number of hydrogen-bond acceptors (Lipinski definition) is 4. The molecule has 5 nitrogen and oxygen atoms in total. The Balaban J connectivity index is 1.79. The third kappa shape index (κ3) is 4.88. The van der Waals surface area contributed by atoms with Gasteiger partial charge in [-0.15, -0.1) is 0 Å². The van der Waals surface area contributed by atoms with Crippen LogP contribution in [0, 0.1) is 0 Å². The number of esters is 1. The Morgan fingerprint density at radius 1 is 1.29 bits per heavy atom. The van der Waals surface area contributed by atoms with Gasteiger partial charge < -0.3 is 14.4 Å². The average Bonchev–Trinajstić information content (AvgIpc) is 2.52. The smallest absolute Gasteiger partial charge is 0.331 e. The number of carbonyl (C=O) groups excluding carboxylic acids is 2. The molecule has 0 atom stereocenters. The third-order valence-corrected chi connectivity index (χ3v) is 3.35. The van der Waals surface area contributed by atoms with Crippen LogP contribution in [0.25, 0.3) is 6.08 Å². The summed E-state index contributed by atoms with van der Waals surface area (Å²) < 4.78 is 10.1. The quantitative estimate of drug-likeness (QED) is 0.628. The van der Waals surface area contributed by atoms with Gasteiger partial charge in [0.15, 0.2) is 6.61 Å². The van der Waals surface area contributed by atoms with Gasteiger partial charge in [0.25, 0.3) is 5.91 Å². The molecule has 2 rings (SSSR count). The maximum Gasteiger partial charge on any atom is 0.331 e. The number of benzene rings is 1. The van der Waals surface area contributed by atoms with Gasteiger partial charge in [0.05, 0.1) is 13.2 Å². The molecule has 0 N–H and O–H groups in total. The first-order valence-corrected chi connectivity index (χ1v) is 6.99. The molecule has 6 heteroatoms. The van der Waals surface area contributed by atoms with Crippen molar-refractivity contribution in [3.05, 3.63) is 40.9 Å². The number of rotatable bonds is 4. The summed E-state index contributed by atoms with van der Waals surface area (Å²) in [5.74, 6) is -0.783. The molecule has 112 valence electrons. The van der Waals surface area contributed by atoms with Gasteiger partial charge in [0.1, 0.15) is 0 Å². The number of nitrogens with zero attached hydrogens (tertiary/aromatic N) is 1. The van der Waals surface area contributed by atoms with E-state index in [1.807, 2.05) is 6.07 Å². The maximum atomic E-state index is 11.8. The van der Waals surface area contributed by atoms with E-state index in [0.29, 0.717) is 31.3 Å². The minimum atomic E-state index is -0.573. The van der Waals surface area contributed by atoms with Crippen molar-refractivity contribution in [2.24, 2.45) is 0 Å². The van der Waals surface area contributed by atoms with Gasteiger partial charge in [-0.2, -0.15) is 0 Å². The number of amides is 1. The van der Waals surface area contributed by atoms with Crippen LogP contribution in [-0.2, 0) is 19.1 Å². The Labute approximate surface area is 128 Å². The lowest BCUT2D eigenvalue weighted by Crippen LogP contribution is -2.42. The van der Waals surface area contributed by atoms with E-state index in [0.717, 1.165) is 5.56 Å². The Kier molecular flexibility index (Phi) is 5.78. The highest BCUT2D eigenvalue weighted by Gasteiger charge is 2.17. The standard InChI is InChI=1S/C15H16ClNO4/c16-13-4-2-1-3-12(13)5-6-15(19)21-11-14(18)17-7-9-20-10-8-17/h1-6H,7-11H2. The van der Waals surface area contributed by atoms with Crippen molar-refractivity contribution >= 4 is 29.6 Å². The fourth-order valence-electron chi connectivity index (χ4n) is 1.85. The number of morpholine rings is 1. The van der Waals surface area contributed by atoms with Crippen molar-refractivity contribution in [2.75, 3.05) is 32.9 Å². The molecule has 1 amide bonds. The molecule has 0 aliphatic carbocycles. The van der Waals surface area contributed by atoms with Gasteiger partial charge in [-0.05, 0) is 17.7 Å². The van der Waals surface area contributed by atoms with Crippen molar-refractivity contribution in [2.45, 2.75) is 0 Å². The first-order valence-electron chi connectivity index (χ1n) is 6.62. The predicted molar refractivity (Wildman–Crippen MR) is 78.8 cm³/mol. The number of ether oxygens (including phenoxy) is 2. The fraction of sp³-hybridized carbons (Fsp3) is 0.333. The Morgan fingerprint density at radius 3 is 2.71 bits per heavy atom. The molecule has 1 aliphatic heterocycles. The first kappa shape index (κ1) is 15.5. The minimum absolute atomic E-state index is 0.210. The molecule has 0 saturated carbocycles. The lowest BCUT2D eigenvalue weighted by molar-refractivity contribution is -0.150. The van der Waals surface area contributed by atoms with Gasteiger partial charge in [0, 0.05) is 24.2 Å². The minimum Gasteiger partial charge on any atom is -0.452 e. The lowest BCUT2D eigenvalue weighted by atomic mass is 10.2. The van der Waals surface area contributed by atoms with E-state index in [4.69, 9.17) is 21.1 Å². The van der Waals surface area contributed by atoms with Gasteiger partial charge in [-0.3, -0.25) is 4.79 Å². The largest absolute Gasteiger partial charge is 0.452 e. The van der Waals surface area contributed by atoms with E-state index >= 15 is 0 Å². The van der Waals surface area contributed by atoms with Crippen LogP contribution >= 0.6 is 11.6 Å². The highest BCUT2D eigenvalue weighted by Crippen LogP contribution is 2.16. The molecule has 1 aliphatic rings. The van der Waals surface area contributed by atoms with E-state index in [1.54, 1.807) is 29.2 Å². The maximum absolute atomic E-state index is 11.8. The highest BCUT2D eigenvalue weighted by molar-refractivity contribution is 6.32. The Bertz CT molecular complexity index is 538. The SMILES string of the molecule is O=C(C=Cc1ccccc1Cl)OCC(=O)N1CCOCC1. The van der Waals surface area contributed by atoms with Gasteiger partial charge in [0.2, 0.25) is 0 Å². The van der Waals surface area contributed by atoms with Crippen molar-refractivity contribution < 1.29 is 19.1 Å². The fourth-order valence-corrected chi connectivity index (χ4v) is 2.05. The van der Waals surface area contributed by atoms with Crippen LogP contribution in [-0.4, -0.2) is 49.7 Å². The molecular formula is C15H16ClNO4. The molecule has 1 fully saturated rings. The third-order valence-electron chi connectivity index (χ3n) is 3.01. The monoisotopic (exact) mass is 309 g/mol. The zero-order valence-electron chi connectivity index (χ0n) is 11.5. The normalized spacial score (nSPS) is 15.2. The molecule has 0 unspecified atom stereocenters.